The SMILES string of the molecule is C=C(C)C(=O)OCCCCC(CC)CCCCC. The Hall–Kier alpha value is -0.790. The van der Waals surface area contributed by atoms with Crippen molar-refractivity contribution in [2.45, 2.75) is 72.1 Å². The molecule has 0 aliphatic heterocycles. The molecule has 0 aliphatic rings. The molecule has 106 valence electrons. The average Bonchev–Trinajstić information content (AvgIpc) is 2.36. The maximum atomic E-state index is 11.1. The summed E-state index contributed by atoms with van der Waals surface area (Å²) in [5, 5.41) is 0. The molecule has 0 aromatic carbocycles. The maximum absolute atomic E-state index is 11.1. The average molecular weight is 254 g/mol. The summed E-state index contributed by atoms with van der Waals surface area (Å²) in [6.45, 7) is 10.3. The molecule has 0 aliphatic carbocycles. The fraction of sp³-hybridized carbons (Fsp3) is 0.812. The monoisotopic (exact) mass is 254 g/mol. The highest BCUT2D eigenvalue weighted by Gasteiger charge is 2.06. The largest absolute Gasteiger partial charge is 0.462 e. The van der Waals surface area contributed by atoms with E-state index in [1.54, 1.807) is 6.92 Å². The molecular formula is C16H30O2. The number of esters is 1. The molecular weight excluding hydrogens is 224 g/mol. The van der Waals surface area contributed by atoms with Crippen LogP contribution in [0.3, 0.4) is 0 Å². The first kappa shape index (κ1) is 17.2. The van der Waals surface area contributed by atoms with Crippen molar-refractivity contribution in [3.05, 3.63) is 12.2 Å². The van der Waals surface area contributed by atoms with Crippen molar-refractivity contribution in [2.24, 2.45) is 5.92 Å². The van der Waals surface area contributed by atoms with Gasteiger partial charge in [-0.2, -0.15) is 0 Å². The molecule has 0 bridgehead atoms. The lowest BCUT2D eigenvalue weighted by Gasteiger charge is -2.14. The fourth-order valence-corrected chi connectivity index (χ4v) is 2.06. The Morgan fingerprint density at radius 1 is 1.11 bits per heavy atom. The summed E-state index contributed by atoms with van der Waals surface area (Å²) in [7, 11) is 0. The van der Waals surface area contributed by atoms with Crippen LogP contribution in [-0.2, 0) is 9.53 Å². The Balaban J connectivity index is 3.50. The summed E-state index contributed by atoms with van der Waals surface area (Å²) in [4.78, 5) is 11.1. The van der Waals surface area contributed by atoms with Crippen LogP contribution in [0.25, 0.3) is 0 Å². The predicted molar refractivity (Wildman–Crippen MR) is 77.5 cm³/mol. The van der Waals surface area contributed by atoms with Gasteiger partial charge in [0, 0.05) is 5.57 Å². The molecule has 0 fully saturated rings. The molecule has 0 heterocycles. The van der Waals surface area contributed by atoms with Crippen LogP contribution in [0.2, 0.25) is 0 Å². The number of ether oxygens (including phenoxy) is 1. The third-order valence-corrected chi connectivity index (χ3v) is 3.38. The third-order valence-electron chi connectivity index (χ3n) is 3.38. The minimum atomic E-state index is -0.259. The van der Waals surface area contributed by atoms with Gasteiger partial charge in [-0.15, -0.1) is 0 Å². The summed E-state index contributed by atoms with van der Waals surface area (Å²) in [6.07, 6.45) is 10.0. The van der Waals surface area contributed by atoms with Crippen LogP contribution >= 0.6 is 0 Å². The van der Waals surface area contributed by atoms with Gasteiger partial charge in [0.2, 0.25) is 0 Å². The quantitative estimate of drug-likeness (QED) is 0.298. The second-order valence-electron chi connectivity index (χ2n) is 5.18. The Morgan fingerprint density at radius 2 is 1.72 bits per heavy atom. The number of carbonyl (C=O) groups excluding carboxylic acids is 1. The molecule has 2 heteroatoms. The van der Waals surface area contributed by atoms with Crippen molar-refractivity contribution < 1.29 is 9.53 Å². The fourth-order valence-electron chi connectivity index (χ4n) is 2.06. The zero-order chi connectivity index (χ0) is 13.8. The zero-order valence-electron chi connectivity index (χ0n) is 12.5. The first-order valence-electron chi connectivity index (χ1n) is 7.44. The smallest absolute Gasteiger partial charge is 0.333 e. The topological polar surface area (TPSA) is 26.3 Å². The lowest BCUT2D eigenvalue weighted by molar-refractivity contribution is -0.139. The minimum absolute atomic E-state index is 0.259. The number of hydrogen-bond acceptors (Lipinski definition) is 2. The lowest BCUT2D eigenvalue weighted by Crippen LogP contribution is -2.07. The van der Waals surface area contributed by atoms with Gasteiger partial charge in [0.1, 0.15) is 0 Å². The van der Waals surface area contributed by atoms with Crippen LogP contribution < -0.4 is 0 Å². The van der Waals surface area contributed by atoms with E-state index in [1.165, 1.54) is 38.5 Å². The normalized spacial score (nSPS) is 12.2. The van der Waals surface area contributed by atoms with Crippen LogP contribution in [0.5, 0.6) is 0 Å². The van der Waals surface area contributed by atoms with Crippen molar-refractivity contribution in [1.29, 1.82) is 0 Å². The molecule has 18 heavy (non-hydrogen) atoms. The van der Waals surface area contributed by atoms with E-state index < -0.39 is 0 Å². The highest BCUT2D eigenvalue weighted by atomic mass is 16.5. The number of carbonyl (C=O) groups is 1. The Kier molecular flexibility index (Phi) is 10.8. The van der Waals surface area contributed by atoms with E-state index in [1.807, 2.05) is 0 Å². The van der Waals surface area contributed by atoms with Crippen molar-refractivity contribution in [3.8, 4) is 0 Å². The Labute approximate surface area is 113 Å². The molecule has 0 saturated heterocycles. The van der Waals surface area contributed by atoms with E-state index in [4.69, 9.17) is 4.74 Å². The van der Waals surface area contributed by atoms with Gasteiger partial charge < -0.3 is 4.74 Å². The summed E-state index contributed by atoms with van der Waals surface area (Å²) < 4.78 is 5.08. The molecule has 0 radical (unpaired) electrons. The molecule has 0 spiro atoms. The van der Waals surface area contributed by atoms with E-state index in [0.29, 0.717) is 12.2 Å². The van der Waals surface area contributed by atoms with Crippen LogP contribution in [0.4, 0.5) is 0 Å². The van der Waals surface area contributed by atoms with Gasteiger partial charge in [0.05, 0.1) is 6.61 Å². The second-order valence-corrected chi connectivity index (χ2v) is 5.18. The van der Waals surface area contributed by atoms with Gasteiger partial charge in [0.25, 0.3) is 0 Å². The molecule has 1 atom stereocenters. The maximum Gasteiger partial charge on any atom is 0.333 e. The first-order valence-corrected chi connectivity index (χ1v) is 7.44. The van der Waals surface area contributed by atoms with Crippen LogP contribution in [0.15, 0.2) is 12.2 Å². The molecule has 0 aromatic heterocycles. The predicted octanol–water partition coefficient (Wildman–Crippen LogP) is 4.88. The van der Waals surface area contributed by atoms with Gasteiger partial charge in [-0.1, -0.05) is 59.0 Å². The van der Waals surface area contributed by atoms with E-state index in [0.717, 1.165) is 18.8 Å². The highest BCUT2D eigenvalue weighted by molar-refractivity contribution is 5.86. The summed E-state index contributed by atoms with van der Waals surface area (Å²) >= 11 is 0. The van der Waals surface area contributed by atoms with Gasteiger partial charge in [-0.05, 0) is 25.7 Å². The molecule has 0 aromatic rings. The van der Waals surface area contributed by atoms with Crippen LogP contribution in [-0.4, -0.2) is 12.6 Å². The summed E-state index contributed by atoms with van der Waals surface area (Å²) in [5.41, 5.74) is 0.487. The Bertz CT molecular complexity index is 233. The molecule has 2 nitrogen and oxygen atoms in total. The Morgan fingerprint density at radius 3 is 2.22 bits per heavy atom. The third kappa shape index (κ3) is 9.26. The van der Waals surface area contributed by atoms with Gasteiger partial charge >= 0.3 is 5.97 Å². The molecule has 1 unspecified atom stereocenters. The zero-order valence-corrected chi connectivity index (χ0v) is 12.5. The minimum Gasteiger partial charge on any atom is -0.462 e. The van der Waals surface area contributed by atoms with Gasteiger partial charge in [-0.3, -0.25) is 0 Å². The van der Waals surface area contributed by atoms with E-state index in [2.05, 4.69) is 20.4 Å². The molecule has 0 rings (SSSR count). The van der Waals surface area contributed by atoms with E-state index in [-0.39, 0.29) is 5.97 Å². The van der Waals surface area contributed by atoms with Gasteiger partial charge in [-0.25, -0.2) is 4.79 Å². The number of hydrogen-bond donors (Lipinski definition) is 0. The van der Waals surface area contributed by atoms with E-state index in [9.17, 15) is 4.79 Å². The van der Waals surface area contributed by atoms with E-state index >= 15 is 0 Å². The van der Waals surface area contributed by atoms with Crippen molar-refractivity contribution in [2.75, 3.05) is 6.61 Å². The number of rotatable bonds is 11. The second kappa shape index (κ2) is 11.3. The molecule has 0 N–H and O–H groups in total. The highest BCUT2D eigenvalue weighted by Crippen LogP contribution is 2.19. The van der Waals surface area contributed by atoms with Crippen LogP contribution in [0, 0.1) is 5.92 Å². The molecule has 0 saturated carbocycles. The summed E-state index contributed by atoms with van der Waals surface area (Å²) in [5.74, 6) is 0.596. The van der Waals surface area contributed by atoms with Crippen molar-refractivity contribution in [3.63, 3.8) is 0 Å². The van der Waals surface area contributed by atoms with Crippen molar-refractivity contribution >= 4 is 5.97 Å². The van der Waals surface area contributed by atoms with Crippen LogP contribution in [0.1, 0.15) is 72.1 Å². The van der Waals surface area contributed by atoms with Gasteiger partial charge in [0.15, 0.2) is 0 Å². The first-order chi connectivity index (χ1) is 8.61. The standard InChI is InChI=1S/C16H30O2/c1-5-7-8-11-15(6-2)12-9-10-13-18-16(17)14(3)4/h15H,3,5-13H2,1-2,4H3. The number of unbranched alkanes of at least 4 members (excludes halogenated alkanes) is 3. The lowest BCUT2D eigenvalue weighted by atomic mass is 9.93. The summed E-state index contributed by atoms with van der Waals surface area (Å²) in [6, 6.07) is 0. The van der Waals surface area contributed by atoms with Crippen molar-refractivity contribution in [1.82, 2.24) is 0 Å². The molecule has 0 amide bonds.